The summed E-state index contributed by atoms with van der Waals surface area (Å²) in [5.74, 6) is -0.769. The zero-order valence-corrected chi connectivity index (χ0v) is 15.1. The van der Waals surface area contributed by atoms with Crippen LogP contribution in [0, 0.1) is 0 Å². The number of nitrogens with one attached hydrogen (secondary N) is 1. The minimum absolute atomic E-state index is 0.127. The second-order valence-electron chi connectivity index (χ2n) is 6.77. The zero-order valence-electron chi connectivity index (χ0n) is 14.3. The Morgan fingerprint density at radius 1 is 1.33 bits per heavy atom. The summed E-state index contributed by atoms with van der Waals surface area (Å²) in [4.78, 5) is 10.6. The number of rotatable bonds is 7. The third kappa shape index (κ3) is 4.82. The van der Waals surface area contributed by atoms with E-state index in [-0.39, 0.29) is 12.0 Å². The molecule has 0 saturated heterocycles. The Balaban J connectivity index is 2.21. The maximum absolute atomic E-state index is 10.6. The van der Waals surface area contributed by atoms with Crippen LogP contribution in [0.3, 0.4) is 0 Å². The lowest BCUT2D eigenvalue weighted by Gasteiger charge is -2.18. The van der Waals surface area contributed by atoms with E-state index in [0.717, 1.165) is 16.8 Å². The Kier molecular flexibility index (Phi) is 6.02. The van der Waals surface area contributed by atoms with Crippen LogP contribution in [0.2, 0.25) is 5.02 Å². The number of aliphatic carboxylic acids is 1. The molecule has 0 aliphatic rings. The summed E-state index contributed by atoms with van der Waals surface area (Å²) in [6, 6.07) is 7.67. The zero-order chi connectivity index (χ0) is 17.7. The van der Waals surface area contributed by atoms with E-state index in [0.29, 0.717) is 24.5 Å². The maximum atomic E-state index is 10.6. The van der Waals surface area contributed by atoms with Gasteiger partial charge in [0, 0.05) is 30.3 Å². The van der Waals surface area contributed by atoms with Gasteiger partial charge in [0.25, 0.3) is 0 Å². The van der Waals surface area contributed by atoms with E-state index in [4.69, 9.17) is 21.8 Å². The standard InChI is InChI=1S/C18H24ClN3O2/c1-18(2,3)22-12-13(11-20-10-6-9-16(23)24)17(21-22)14-7-4-5-8-15(14)19/h4-5,7-8,12,20H,6,9-11H2,1-3H3,(H,23,24). The lowest BCUT2D eigenvalue weighted by atomic mass is 10.1. The Hall–Kier alpha value is -1.85. The molecule has 24 heavy (non-hydrogen) atoms. The molecule has 6 heteroatoms. The third-order valence-electron chi connectivity index (χ3n) is 3.67. The van der Waals surface area contributed by atoms with E-state index < -0.39 is 5.97 Å². The SMILES string of the molecule is CC(C)(C)n1cc(CNCCCC(=O)O)c(-c2ccccc2Cl)n1. The van der Waals surface area contributed by atoms with Gasteiger partial charge in [-0.25, -0.2) is 0 Å². The number of nitrogens with zero attached hydrogens (tertiary/aromatic N) is 2. The number of halogens is 1. The predicted octanol–water partition coefficient (Wildman–Crippen LogP) is 3.91. The first kappa shape index (κ1) is 18.5. The molecule has 1 aromatic carbocycles. The molecule has 0 aliphatic carbocycles. The quantitative estimate of drug-likeness (QED) is 0.743. The van der Waals surface area contributed by atoms with Gasteiger partial charge in [-0.15, -0.1) is 0 Å². The average Bonchev–Trinajstić information content (AvgIpc) is 2.91. The van der Waals surface area contributed by atoms with Crippen molar-refractivity contribution >= 4 is 17.6 Å². The molecule has 0 unspecified atom stereocenters. The number of aromatic nitrogens is 2. The number of carboxylic acid groups (broad SMARTS) is 1. The van der Waals surface area contributed by atoms with Crippen LogP contribution in [-0.4, -0.2) is 27.4 Å². The Bertz CT molecular complexity index is 705. The van der Waals surface area contributed by atoms with Gasteiger partial charge in [-0.1, -0.05) is 29.8 Å². The minimum Gasteiger partial charge on any atom is -0.481 e. The predicted molar refractivity (Wildman–Crippen MR) is 96.2 cm³/mol. The lowest BCUT2D eigenvalue weighted by molar-refractivity contribution is -0.137. The van der Waals surface area contributed by atoms with Gasteiger partial charge in [0.1, 0.15) is 0 Å². The van der Waals surface area contributed by atoms with Crippen molar-refractivity contribution in [2.24, 2.45) is 0 Å². The molecule has 0 aliphatic heterocycles. The fourth-order valence-corrected chi connectivity index (χ4v) is 2.58. The van der Waals surface area contributed by atoms with Gasteiger partial charge in [0.15, 0.2) is 0 Å². The molecule has 0 radical (unpaired) electrons. The number of carboxylic acids is 1. The van der Waals surface area contributed by atoms with Crippen LogP contribution in [-0.2, 0) is 16.9 Å². The molecule has 130 valence electrons. The molecule has 0 spiro atoms. The van der Waals surface area contributed by atoms with Gasteiger partial charge < -0.3 is 10.4 Å². The summed E-state index contributed by atoms with van der Waals surface area (Å²) in [7, 11) is 0. The molecular weight excluding hydrogens is 326 g/mol. The normalized spacial score (nSPS) is 11.7. The van der Waals surface area contributed by atoms with Crippen LogP contribution >= 0.6 is 11.6 Å². The van der Waals surface area contributed by atoms with Crippen LogP contribution < -0.4 is 5.32 Å². The number of hydrogen-bond acceptors (Lipinski definition) is 3. The fraction of sp³-hybridized carbons (Fsp3) is 0.444. The summed E-state index contributed by atoms with van der Waals surface area (Å²) in [6.45, 7) is 7.56. The second kappa shape index (κ2) is 7.81. The smallest absolute Gasteiger partial charge is 0.303 e. The van der Waals surface area contributed by atoms with Crippen LogP contribution in [0.1, 0.15) is 39.2 Å². The molecule has 2 N–H and O–H groups in total. The average molecular weight is 350 g/mol. The largest absolute Gasteiger partial charge is 0.481 e. The molecule has 0 atom stereocenters. The summed E-state index contributed by atoms with van der Waals surface area (Å²) in [5.41, 5.74) is 2.69. The van der Waals surface area contributed by atoms with Crippen molar-refractivity contribution in [2.45, 2.75) is 45.7 Å². The fourth-order valence-electron chi connectivity index (χ4n) is 2.35. The van der Waals surface area contributed by atoms with Gasteiger partial charge in [0.05, 0.1) is 16.3 Å². The van der Waals surface area contributed by atoms with Crippen LogP contribution in [0.15, 0.2) is 30.5 Å². The molecule has 2 aromatic rings. The van der Waals surface area contributed by atoms with Crippen LogP contribution in [0.4, 0.5) is 0 Å². The van der Waals surface area contributed by atoms with E-state index in [1.807, 2.05) is 35.1 Å². The van der Waals surface area contributed by atoms with Gasteiger partial charge in [0.2, 0.25) is 0 Å². The number of hydrogen-bond donors (Lipinski definition) is 2. The highest BCUT2D eigenvalue weighted by atomic mass is 35.5. The molecule has 5 nitrogen and oxygen atoms in total. The van der Waals surface area contributed by atoms with Gasteiger partial charge in [-0.2, -0.15) is 5.10 Å². The molecule has 0 saturated carbocycles. The monoisotopic (exact) mass is 349 g/mol. The third-order valence-corrected chi connectivity index (χ3v) is 4.00. The first-order valence-corrected chi connectivity index (χ1v) is 8.43. The number of carbonyl (C=O) groups is 1. The van der Waals surface area contributed by atoms with Crippen molar-refractivity contribution in [3.05, 3.63) is 41.0 Å². The van der Waals surface area contributed by atoms with Gasteiger partial charge in [-0.3, -0.25) is 9.48 Å². The van der Waals surface area contributed by atoms with Crippen LogP contribution in [0.25, 0.3) is 11.3 Å². The van der Waals surface area contributed by atoms with E-state index >= 15 is 0 Å². The summed E-state index contributed by atoms with van der Waals surface area (Å²) in [6.07, 6.45) is 2.80. The van der Waals surface area contributed by atoms with E-state index in [9.17, 15) is 4.79 Å². The van der Waals surface area contributed by atoms with Crippen molar-refractivity contribution in [2.75, 3.05) is 6.54 Å². The van der Waals surface area contributed by atoms with Crippen molar-refractivity contribution in [3.63, 3.8) is 0 Å². The van der Waals surface area contributed by atoms with Crippen molar-refractivity contribution < 1.29 is 9.90 Å². The van der Waals surface area contributed by atoms with E-state index in [1.54, 1.807) is 0 Å². The van der Waals surface area contributed by atoms with Crippen LogP contribution in [0.5, 0.6) is 0 Å². The Morgan fingerprint density at radius 3 is 2.67 bits per heavy atom. The molecule has 0 bridgehead atoms. The first-order valence-electron chi connectivity index (χ1n) is 8.05. The minimum atomic E-state index is -0.769. The molecule has 1 aromatic heterocycles. The molecule has 0 amide bonds. The highest BCUT2D eigenvalue weighted by molar-refractivity contribution is 6.33. The van der Waals surface area contributed by atoms with E-state index in [1.165, 1.54) is 0 Å². The molecule has 0 fully saturated rings. The molecule has 2 rings (SSSR count). The number of benzene rings is 1. The highest BCUT2D eigenvalue weighted by Crippen LogP contribution is 2.30. The molecule has 1 heterocycles. The molecular formula is C18H24ClN3O2. The maximum Gasteiger partial charge on any atom is 0.303 e. The Labute approximate surface area is 147 Å². The van der Waals surface area contributed by atoms with Crippen molar-refractivity contribution in [1.82, 2.24) is 15.1 Å². The second-order valence-corrected chi connectivity index (χ2v) is 7.18. The van der Waals surface area contributed by atoms with Gasteiger partial charge >= 0.3 is 5.97 Å². The topological polar surface area (TPSA) is 67.2 Å². The summed E-state index contributed by atoms with van der Waals surface area (Å²) >= 11 is 6.34. The Morgan fingerprint density at radius 2 is 2.04 bits per heavy atom. The lowest BCUT2D eigenvalue weighted by Crippen LogP contribution is -2.22. The van der Waals surface area contributed by atoms with Crippen molar-refractivity contribution in [3.8, 4) is 11.3 Å². The summed E-state index contributed by atoms with van der Waals surface area (Å²) < 4.78 is 1.94. The van der Waals surface area contributed by atoms with E-state index in [2.05, 4.69) is 26.1 Å². The van der Waals surface area contributed by atoms with Gasteiger partial charge in [-0.05, 0) is 39.8 Å². The summed E-state index contributed by atoms with van der Waals surface area (Å²) in [5, 5.41) is 17.4. The van der Waals surface area contributed by atoms with Crippen molar-refractivity contribution in [1.29, 1.82) is 0 Å². The first-order chi connectivity index (χ1) is 11.3. The highest BCUT2D eigenvalue weighted by Gasteiger charge is 2.19.